The van der Waals surface area contributed by atoms with E-state index in [4.69, 9.17) is 15.9 Å². The summed E-state index contributed by atoms with van der Waals surface area (Å²) in [6, 6.07) is 0. The molecule has 6 nitrogen and oxygen atoms in total. The zero-order valence-electron chi connectivity index (χ0n) is 7.77. The quantitative estimate of drug-likeness (QED) is 0.563. The first-order chi connectivity index (χ1) is 7.15. The number of nitrogen functional groups attached to an aromatic ring is 1. The van der Waals surface area contributed by atoms with E-state index in [1.165, 1.54) is 6.20 Å². The molecule has 1 aromatic heterocycles. The minimum Gasteiger partial charge on any atom is -0.476 e. The van der Waals surface area contributed by atoms with Crippen molar-refractivity contribution in [3.05, 3.63) is 17.6 Å². The molecule has 0 radical (unpaired) electrons. The van der Waals surface area contributed by atoms with Crippen LogP contribution in [0.3, 0.4) is 0 Å². The van der Waals surface area contributed by atoms with Crippen LogP contribution in [0.25, 0.3) is 0 Å². The SMILES string of the molecule is Nc1ncc(C#CCCO)nc1C(=O)O. The molecule has 0 aliphatic rings. The lowest BCUT2D eigenvalue weighted by Gasteiger charge is -1.97. The number of aliphatic hydroxyl groups is 1. The number of aromatic nitrogens is 2. The van der Waals surface area contributed by atoms with Gasteiger partial charge in [-0.1, -0.05) is 5.92 Å². The van der Waals surface area contributed by atoms with Crippen LogP contribution in [0.15, 0.2) is 6.20 Å². The molecule has 0 aliphatic heterocycles. The fraction of sp³-hybridized carbons (Fsp3) is 0.222. The molecule has 0 atom stereocenters. The van der Waals surface area contributed by atoms with Crippen molar-refractivity contribution in [3.63, 3.8) is 0 Å². The molecule has 1 aromatic rings. The molecule has 0 spiro atoms. The van der Waals surface area contributed by atoms with Crippen LogP contribution in [0, 0.1) is 11.8 Å². The average Bonchev–Trinajstić information content (AvgIpc) is 2.20. The Labute approximate surface area is 85.8 Å². The van der Waals surface area contributed by atoms with Crippen molar-refractivity contribution in [1.82, 2.24) is 9.97 Å². The van der Waals surface area contributed by atoms with Crippen LogP contribution in [-0.2, 0) is 0 Å². The minimum atomic E-state index is -1.24. The summed E-state index contributed by atoms with van der Waals surface area (Å²) in [5, 5.41) is 17.2. The van der Waals surface area contributed by atoms with Crippen LogP contribution in [0.1, 0.15) is 22.6 Å². The Balaban J connectivity index is 2.99. The van der Waals surface area contributed by atoms with E-state index < -0.39 is 5.97 Å². The van der Waals surface area contributed by atoms with E-state index in [0.29, 0.717) is 6.42 Å². The number of aromatic carboxylic acids is 1. The highest BCUT2D eigenvalue weighted by Crippen LogP contribution is 2.04. The Morgan fingerprint density at radius 1 is 1.60 bits per heavy atom. The van der Waals surface area contributed by atoms with Crippen molar-refractivity contribution in [3.8, 4) is 11.8 Å². The van der Waals surface area contributed by atoms with E-state index in [9.17, 15) is 4.79 Å². The molecule has 0 saturated carbocycles. The molecule has 6 heteroatoms. The van der Waals surface area contributed by atoms with Gasteiger partial charge in [-0.3, -0.25) is 0 Å². The summed E-state index contributed by atoms with van der Waals surface area (Å²) in [5.41, 5.74) is 5.21. The molecule has 4 N–H and O–H groups in total. The third-order valence-electron chi connectivity index (χ3n) is 1.46. The molecule has 0 aromatic carbocycles. The van der Waals surface area contributed by atoms with E-state index in [1.54, 1.807) is 0 Å². The van der Waals surface area contributed by atoms with Crippen LogP contribution in [0.4, 0.5) is 5.82 Å². The highest BCUT2D eigenvalue weighted by atomic mass is 16.4. The maximum atomic E-state index is 10.6. The van der Waals surface area contributed by atoms with E-state index in [2.05, 4.69) is 21.8 Å². The average molecular weight is 207 g/mol. The lowest BCUT2D eigenvalue weighted by molar-refractivity contribution is 0.0691. The fourth-order valence-electron chi connectivity index (χ4n) is 0.825. The van der Waals surface area contributed by atoms with Gasteiger partial charge in [-0.25, -0.2) is 14.8 Å². The normalized spacial score (nSPS) is 9.13. The predicted molar refractivity (Wildman–Crippen MR) is 52.0 cm³/mol. The van der Waals surface area contributed by atoms with Crippen LogP contribution >= 0.6 is 0 Å². The second kappa shape index (κ2) is 4.93. The molecular weight excluding hydrogens is 198 g/mol. The minimum absolute atomic E-state index is 0.0544. The van der Waals surface area contributed by atoms with Gasteiger partial charge in [-0.05, 0) is 5.92 Å². The standard InChI is InChI=1S/C9H9N3O3/c10-8-7(9(14)15)12-6(5-11-8)3-1-2-4-13/h5,13H,2,4H2,(H2,10,11)(H,14,15). The van der Waals surface area contributed by atoms with Crippen LogP contribution in [0.5, 0.6) is 0 Å². The third-order valence-corrected chi connectivity index (χ3v) is 1.46. The Bertz CT molecular complexity index is 434. The van der Waals surface area contributed by atoms with Crippen LogP contribution in [-0.4, -0.2) is 32.8 Å². The number of carboxylic acid groups (broad SMARTS) is 1. The van der Waals surface area contributed by atoms with Gasteiger partial charge in [0.15, 0.2) is 11.5 Å². The summed E-state index contributed by atoms with van der Waals surface area (Å²) in [4.78, 5) is 18.0. The number of carboxylic acids is 1. The fourth-order valence-corrected chi connectivity index (χ4v) is 0.825. The Morgan fingerprint density at radius 3 is 2.93 bits per heavy atom. The summed E-state index contributed by atoms with van der Waals surface area (Å²) in [5.74, 6) is 3.78. The summed E-state index contributed by atoms with van der Waals surface area (Å²) in [6.45, 7) is -0.0544. The molecule has 0 saturated heterocycles. The Morgan fingerprint density at radius 2 is 2.33 bits per heavy atom. The second-order valence-electron chi connectivity index (χ2n) is 2.57. The molecule has 0 amide bonds. The third kappa shape index (κ3) is 2.93. The molecular formula is C9H9N3O3. The van der Waals surface area contributed by atoms with Gasteiger partial charge in [0.2, 0.25) is 0 Å². The number of nitrogens with two attached hydrogens (primary N) is 1. The van der Waals surface area contributed by atoms with Crippen LogP contribution in [0.2, 0.25) is 0 Å². The second-order valence-corrected chi connectivity index (χ2v) is 2.57. The summed E-state index contributed by atoms with van der Waals surface area (Å²) in [7, 11) is 0. The zero-order valence-corrected chi connectivity index (χ0v) is 7.77. The topological polar surface area (TPSA) is 109 Å². The number of aliphatic hydroxyl groups excluding tert-OH is 1. The van der Waals surface area contributed by atoms with Crippen molar-refractivity contribution >= 4 is 11.8 Å². The molecule has 0 unspecified atom stereocenters. The van der Waals surface area contributed by atoms with E-state index in [0.717, 1.165) is 0 Å². The van der Waals surface area contributed by atoms with Gasteiger partial charge >= 0.3 is 5.97 Å². The summed E-state index contributed by atoms with van der Waals surface area (Å²) in [6.07, 6.45) is 1.58. The molecule has 0 aliphatic carbocycles. The lowest BCUT2D eigenvalue weighted by Crippen LogP contribution is -2.08. The number of nitrogens with zero attached hydrogens (tertiary/aromatic N) is 2. The van der Waals surface area contributed by atoms with Gasteiger partial charge in [0.25, 0.3) is 0 Å². The van der Waals surface area contributed by atoms with Crippen molar-refractivity contribution in [2.75, 3.05) is 12.3 Å². The first kappa shape index (κ1) is 10.9. The first-order valence-corrected chi connectivity index (χ1v) is 4.10. The lowest BCUT2D eigenvalue weighted by atomic mass is 10.3. The number of rotatable bonds is 2. The van der Waals surface area contributed by atoms with E-state index >= 15 is 0 Å². The smallest absolute Gasteiger partial charge is 0.358 e. The number of carbonyl (C=O) groups is 1. The Kier molecular flexibility index (Phi) is 3.60. The number of anilines is 1. The van der Waals surface area contributed by atoms with Gasteiger partial charge in [0.1, 0.15) is 5.69 Å². The summed E-state index contributed by atoms with van der Waals surface area (Å²) >= 11 is 0. The van der Waals surface area contributed by atoms with Crippen molar-refractivity contribution in [2.24, 2.45) is 0 Å². The highest BCUT2D eigenvalue weighted by Gasteiger charge is 2.10. The van der Waals surface area contributed by atoms with Gasteiger partial charge in [0, 0.05) is 6.42 Å². The molecule has 0 fully saturated rings. The number of hydrogen-bond acceptors (Lipinski definition) is 5. The Hall–Kier alpha value is -2.13. The highest BCUT2D eigenvalue weighted by molar-refractivity contribution is 5.90. The van der Waals surface area contributed by atoms with Crippen molar-refractivity contribution < 1.29 is 15.0 Å². The van der Waals surface area contributed by atoms with Gasteiger partial charge in [0.05, 0.1) is 12.8 Å². The maximum absolute atomic E-state index is 10.6. The van der Waals surface area contributed by atoms with Gasteiger partial charge < -0.3 is 15.9 Å². The summed E-state index contributed by atoms with van der Waals surface area (Å²) < 4.78 is 0. The molecule has 1 heterocycles. The van der Waals surface area contributed by atoms with E-state index in [1.807, 2.05) is 0 Å². The monoisotopic (exact) mass is 207 g/mol. The van der Waals surface area contributed by atoms with Crippen molar-refractivity contribution in [2.45, 2.75) is 6.42 Å². The van der Waals surface area contributed by atoms with Gasteiger partial charge in [-0.2, -0.15) is 0 Å². The van der Waals surface area contributed by atoms with Crippen LogP contribution < -0.4 is 5.73 Å². The first-order valence-electron chi connectivity index (χ1n) is 4.10. The largest absolute Gasteiger partial charge is 0.476 e. The molecule has 1 rings (SSSR count). The number of hydrogen-bond donors (Lipinski definition) is 3. The predicted octanol–water partition coefficient (Wildman–Crippen LogP) is -0.509. The molecule has 78 valence electrons. The van der Waals surface area contributed by atoms with Crippen molar-refractivity contribution in [1.29, 1.82) is 0 Å². The zero-order chi connectivity index (χ0) is 11.3. The molecule has 0 bridgehead atoms. The molecule has 15 heavy (non-hydrogen) atoms. The van der Waals surface area contributed by atoms with Gasteiger partial charge in [-0.15, -0.1) is 0 Å². The van der Waals surface area contributed by atoms with E-state index in [-0.39, 0.29) is 23.8 Å². The maximum Gasteiger partial charge on any atom is 0.358 e.